The van der Waals surface area contributed by atoms with Gasteiger partial charge in [-0.15, -0.1) is 0 Å². The van der Waals surface area contributed by atoms with Gasteiger partial charge in [0.15, 0.2) is 5.03 Å². The summed E-state index contributed by atoms with van der Waals surface area (Å²) >= 11 is 0. The van der Waals surface area contributed by atoms with Crippen molar-refractivity contribution in [3.8, 4) is 0 Å². The molecule has 1 aromatic carbocycles. The Kier molecular flexibility index (Phi) is 4.47. The van der Waals surface area contributed by atoms with Crippen LogP contribution in [0.25, 0.3) is 0 Å². The maximum Gasteiger partial charge on any atom is 0.237 e. The Balaban J connectivity index is 2.02. The number of aryl methyl sites for hydroxylation is 1. The third-order valence-electron chi connectivity index (χ3n) is 2.58. The molecule has 0 aliphatic carbocycles. The van der Waals surface area contributed by atoms with Crippen LogP contribution in [0.1, 0.15) is 5.56 Å². The Hall–Kier alpha value is -2.21. The van der Waals surface area contributed by atoms with Crippen molar-refractivity contribution in [2.45, 2.75) is 11.9 Å². The van der Waals surface area contributed by atoms with Crippen molar-refractivity contribution >= 4 is 28.1 Å². The zero-order valence-electron chi connectivity index (χ0n) is 11.0. The fourth-order valence-electron chi connectivity index (χ4n) is 1.70. The maximum absolute atomic E-state index is 12.0. The highest BCUT2D eigenvalue weighted by Crippen LogP contribution is 2.13. The molecule has 0 aliphatic rings. The van der Waals surface area contributed by atoms with Crippen LogP contribution in [0.4, 0.5) is 11.4 Å². The van der Waals surface area contributed by atoms with Gasteiger partial charge in [-0.1, -0.05) is 12.1 Å². The molecule has 0 aliphatic heterocycles. The summed E-state index contributed by atoms with van der Waals surface area (Å²) in [5, 5.41) is 2.94. The normalized spacial score (nSPS) is 11.8. The number of hydrogen-bond donors (Lipinski definition) is 2. The molecule has 3 N–H and O–H groups in total. The quantitative estimate of drug-likeness (QED) is 0.897. The number of carbonyl (C=O) groups is 1. The molecule has 0 saturated carbocycles. The van der Waals surface area contributed by atoms with Gasteiger partial charge in [0.2, 0.25) is 5.91 Å². The van der Waals surface area contributed by atoms with Gasteiger partial charge in [-0.2, -0.15) is 0 Å². The molecule has 5 nitrogen and oxygen atoms in total. The highest BCUT2D eigenvalue weighted by molar-refractivity contribution is 7.85. The minimum Gasteiger partial charge on any atom is -0.396 e. The van der Waals surface area contributed by atoms with E-state index >= 15 is 0 Å². The first-order valence-corrected chi connectivity index (χ1v) is 7.33. The average Bonchev–Trinajstić information content (AvgIpc) is 2.38. The lowest BCUT2D eigenvalue weighted by Crippen LogP contribution is -2.20. The summed E-state index contributed by atoms with van der Waals surface area (Å²) in [6, 6.07) is 10.7. The minimum absolute atomic E-state index is 0.171. The second kappa shape index (κ2) is 6.29. The van der Waals surface area contributed by atoms with Gasteiger partial charge in [0, 0.05) is 11.9 Å². The summed E-state index contributed by atoms with van der Waals surface area (Å²) in [7, 11) is -1.55. The van der Waals surface area contributed by atoms with Crippen LogP contribution in [0.15, 0.2) is 47.6 Å². The molecule has 1 amide bonds. The Morgan fingerprint density at radius 3 is 2.85 bits per heavy atom. The lowest BCUT2D eigenvalue weighted by atomic mass is 10.2. The molecule has 0 fully saturated rings. The number of nitrogens with zero attached hydrogens (tertiary/aromatic N) is 1. The van der Waals surface area contributed by atoms with Gasteiger partial charge in [-0.3, -0.25) is 9.00 Å². The summed E-state index contributed by atoms with van der Waals surface area (Å²) in [6.45, 7) is 1.93. The van der Waals surface area contributed by atoms with E-state index < -0.39 is 10.8 Å². The van der Waals surface area contributed by atoms with E-state index in [0.717, 1.165) is 5.56 Å². The standard InChI is InChI=1S/C14H15N3O2S/c1-10-4-2-5-11(8-10)17-13(18)9-20(19)14-12(15)6-3-7-16-14/h2-8H,9,15H2,1H3,(H,17,18). The van der Waals surface area contributed by atoms with E-state index in [1.165, 1.54) is 6.20 Å². The predicted octanol–water partition coefficient (Wildman–Crippen LogP) is 1.72. The molecule has 2 rings (SSSR count). The van der Waals surface area contributed by atoms with Crippen LogP contribution in [0.2, 0.25) is 0 Å². The highest BCUT2D eigenvalue weighted by atomic mass is 32.2. The zero-order chi connectivity index (χ0) is 14.5. The number of hydrogen-bond acceptors (Lipinski definition) is 4. The van der Waals surface area contributed by atoms with Gasteiger partial charge in [0.1, 0.15) is 5.75 Å². The first kappa shape index (κ1) is 14.2. The maximum atomic E-state index is 12.0. The first-order chi connectivity index (χ1) is 9.56. The third-order valence-corrected chi connectivity index (χ3v) is 3.88. The molecular formula is C14H15N3O2S. The number of carbonyl (C=O) groups excluding carboxylic acids is 1. The monoisotopic (exact) mass is 289 g/mol. The van der Waals surface area contributed by atoms with Crippen molar-refractivity contribution in [3.05, 3.63) is 48.2 Å². The van der Waals surface area contributed by atoms with E-state index in [-0.39, 0.29) is 16.7 Å². The van der Waals surface area contributed by atoms with E-state index in [1.54, 1.807) is 18.2 Å². The predicted molar refractivity (Wildman–Crippen MR) is 79.7 cm³/mol. The van der Waals surface area contributed by atoms with Crippen LogP contribution in [-0.4, -0.2) is 20.9 Å². The van der Waals surface area contributed by atoms with Crippen LogP contribution >= 0.6 is 0 Å². The Morgan fingerprint density at radius 1 is 1.35 bits per heavy atom. The van der Waals surface area contributed by atoms with Crippen molar-refractivity contribution in [2.75, 3.05) is 16.8 Å². The minimum atomic E-state index is -1.55. The van der Waals surface area contributed by atoms with E-state index in [1.807, 2.05) is 25.1 Å². The van der Waals surface area contributed by atoms with Crippen LogP contribution < -0.4 is 11.1 Å². The number of aromatic nitrogens is 1. The Bertz CT molecular complexity index is 658. The van der Waals surface area contributed by atoms with Crippen molar-refractivity contribution in [3.63, 3.8) is 0 Å². The fourth-order valence-corrected chi connectivity index (χ4v) is 2.66. The molecule has 2 aromatic rings. The largest absolute Gasteiger partial charge is 0.396 e. The first-order valence-electron chi connectivity index (χ1n) is 6.01. The molecule has 6 heteroatoms. The molecule has 20 heavy (non-hydrogen) atoms. The van der Waals surface area contributed by atoms with Crippen molar-refractivity contribution in [1.29, 1.82) is 0 Å². The molecule has 1 atom stereocenters. The van der Waals surface area contributed by atoms with Crippen LogP contribution in [0, 0.1) is 6.92 Å². The average molecular weight is 289 g/mol. The molecular weight excluding hydrogens is 274 g/mol. The second-order valence-electron chi connectivity index (χ2n) is 4.31. The van der Waals surface area contributed by atoms with E-state index in [4.69, 9.17) is 5.73 Å². The number of rotatable bonds is 4. The van der Waals surface area contributed by atoms with Crippen LogP contribution in [-0.2, 0) is 15.6 Å². The number of nitrogen functional groups attached to an aromatic ring is 1. The number of nitrogens with one attached hydrogen (secondary N) is 1. The third kappa shape index (κ3) is 3.64. The summed E-state index contributed by atoms with van der Waals surface area (Å²) < 4.78 is 12.0. The summed E-state index contributed by atoms with van der Waals surface area (Å²) in [5.74, 6) is -0.506. The molecule has 0 bridgehead atoms. The Labute approximate surface area is 119 Å². The molecule has 1 aromatic heterocycles. The Morgan fingerprint density at radius 2 is 2.15 bits per heavy atom. The molecule has 0 spiro atoms. The van der Waals surface area contributed by atoms with Gasteiger partial charge in [-0.25, -0.2) is 4.98 Å². The lowest BCUT2D eigenvalue weighted by molar-refractivity contribution is -0.113. The van der Waals surface area contributed by atoms with E-state index in [9.17, 15) is 9.00 Å². The summed E-state index contributed by atoms with van der Waals surface area (Å²) in [5.41, 5.74) is 7.73. The van der Waals surface area contributed by atoms with Gasteiger partial charge in [0.25, 0.3) is 0 Å². The molecule has 1 unspecified atom stereocenters. The van der Waals surface area contributed by atoms with Crippen molar-refractivity contribution in [2.24, 2.45) is 0 Å². The lowest BCUT2D eigenvalue weighted by Gasteiger charge is -2.07. The molecule has 104 valence electrons. The summed E-state index contributed by atoms with van der Waals surface area (Å²) in [6.07, 6.45) is 1.50. The van der Waals surface area contributed by atoms with Crippen LogP contribution in [0.3, 0.4) is 0 Å². The van der Waals surface area contributed by atoms with Gasteiger partial charge in [-0.05, 0) is 36.8 Å². The van der Waals surface area contributed by atoms with Gasteiger partial charge < -0.3 is 11.1 Å². The summed E-state index contributed by atoms with van der Waals surface area (Å²) in [4.78, 5) is 15.8. The highest BCUT2D eigenvalue weighted by Gasteiger charge is 2.14. The SMILES string of the molecule is Cc1cccc(NC(=O)CS(=O)c2ncccc2N)c1. The molecule has 1 heterocycles. The number of anilines is 2. The number of benzene rings is 1. The van der Waals surface area contributed by atoms with Gasteiger partial charge in [0.05, 0.1) is 16.5 Å². The van der Waals surface area contributed by atoms with Gasteiger partial charge >= 0.3 is 0 Å². The van der Waals surface area contributed by atoms with Crippen LogP contribution in [0.5, 0.6) is 0 Å². The topological polar surface area (TPSA) is 85.1 Å². The zero-order valence-corrected chi connectivity index (χ0v) is 11.8. The molecule has 0 radical (unpaired) electrons. The van der Waals surface area contributed by atoms with E-state index in [0.29, 0.717) is 11.4 Å². The van der Waals surface area contributed by atoms with Crippen molar-refractivity contribution in [1.82, 2.24) is 4.98 Å². The fraction of sp³-hybridized carbons (Fsp3) is 0.143. The smallest absolute Gasteiger partial charge is 0.237 e. The number of nitrogens with two attached hydrogens (primary N) is 1. The molecule has 0 saturated heterocycles. The number of amides is 1. The number of pyridine rings is 1. The van der Waals surface area contributed by atoms with Crippen molar-refractivity contribution < 1.29 is 9.00 Å². The second-order valence-corrected chi connectivity index (χ2v) is 5.67. The van der Waals surface area contributed by atoms with E-state index in [2.05, 4.69) is 10.3 Å².